The van der Waals surface area contributed by atoms with Crippen LogP contribution in [-0.2, 0) is 15.0 Å². The molecule has 0 spiro atoms. The average molecular weight is 318 g/mol. The van der Waals surface area contributed by atoms with Crippen LogP contribution in [0.25, 0.3) is 0 Å². The second-order valence-electron chi connectivity index (χ2n) is 6.67. The van der Waals surface area contributed by atoms with Gasteiger partial charge in [0.2, 0.25) is 11.8 Å². The molecule has 0 saturated carbocycles. The molecule has 0 unspecified atom stereocenters. The molecule has 23 heavy (non-hydrogen) atoms. The maximum Gasteiger partial charge on any atom is 0.220 e. The quantitative estimate of drug-likeness (QED) is 0.687. The molecule has 128 valence electrons. The Bertz CT molecular complexity index is 497. The van der Waals surface area contributed by atoms with Gasteiger partial charge in [0, 0.05) is 31.3 Å². The molecule has 0 aromatic heterocycles. The monoisotopic (exact) mass is 318 g/mol. The van der Waals surface area contributed by atoms with E-state index < -0.39 is 0 Å². The SMILES string of the molecule is CC(=O)NCCCCCC(=O)N[C@H](C)C(C)(C)c1ccccc1. The highest BCUT2D eigenvalue weighted by Gasteiger charge is 2.28. The zero-order chi connectivity index (χ0) is 17.3. The van der Waals surface area contributed by atoms with E-state index in [4.69, 9.17) is 0 Å². The van der Waals surface area contributed by atoms with Gasteiger partial charge in [0.25, 0.3) is 0 Å². The van der Waals surface area contributed by atoms with Crippen molar-refractivity contribution in [3.63, 3.8) is 0 Å². The molecule has 2 N–H and O–H groups in total. The Hall–Kier alpha value is -1.84. The largest absolute Gasteiger partial charge is 0.356 e. The highest BCUT2D eigenvalue weighted by molar-refractivity contribution is 5.76. The number of amides is 2. The summed E-state index contributed by atoms with van der Waals surface area (Å²) in [6, 6.07) is 10.3. The van der Waals surface area contributed by atoms with Crippen LogP contribution in [0.3, 0.4) is 0 Å². The third-order valence-electron chi connectivity index (χ3n) is 4.43. The maximum atomic E-state index is 12.1. The van der Waals surface area contributed by atoms with Crippen molar-refractivity contribution in [2.24, 2.45) is 0 Å². The van der Waals surface area contributed by atoms with Crippen molar-refractivity contribution in [3.8, 4) is 0 Å². The molecule has 0 fully saturated rings. The van der Waals surface area contributed by atoms with Gasteiger partial charge in [-0.25, -0.2) is 0 Å². The zero-order valence-electron chi connectivity index (χ0n) is 14.8. The summed E-state index contributed by atoms with van der Waals surface area (Å²) < 4.78 is 0. The van der Waals surface area contributed by atoms with Crippen molar-refractivity contribution in [1.29, 1.82) is 0 Å². The number of hydrogen-bond donors (Lipinski definition) is 2. The van der Waals surface area contributed by atoms with E-state index >= 15 is 0 Å². The number of benzene rings is 1. The number of carbonyl (C=O) groups is 2. The summed E-state index contributed by atoms with van der Waals surface area (Å²) in [4.78, 5) is 22.8. The number of nitrogens with one attached hydrogen (secondary N) is 2. The molecule has 0 radical (unpaired) electrons. The molecule has 1 atom stereocenters. The second-order valence-corrected chi connectivity index (χ2v) is 6.67. The summed E-state index contributed by atoms with van der Waals surface area (Å²) in [6.07, 6.45) is 3.25. The third kappa shape index (κ3) is 6.85. The molecular weight excluding hydrogens is 288 g/mol. The van der Waals surface area contributed by atoms with Gasteiger partial charge in [0.1, 0.15) is 0 Å². The van der Waals surface area contributed by atoms with Crippen molar-refractivity contribution < 1.29 is 9.59 Å². The smallest absolute Gasteiger partial charge is 0.220 e. The van der Waals surface area contributed by atoms with E-state index in [1.165, 1.54) is 12.5 Å². The van der Waals surface area contributed by atoms with Crippen LogP contribution in [0.5, 0.6) is 0 Å². The Kier molecular flexibility index (Phi) is 7.79. The molecule has 0 aliphatic carbocycles. The van der Waals surface area contributed by atoms with Crippen LogP contribution in [0.1, 0.15) is 58.9 Å². The fraction of sp³-hybridized carbons (Fsp3) is 0.579. The highest BCUT2D eigenvalue weighted by atomic mass is 16.2. The van der Waals surface area contributed by atoms with E-state index in [0.29, 0.717) is 13.0 Å². The summed E-state index contributed by atoms with van der Waals surface area (Å²) in [7, 11) is 0. The first-order valence-electron chi connectivity index (χ1n) is 8.43. The standard InChI is InChI=1S/C19H30N2O2/c1-15(19(3,4)17-11-7-5-8-12-17)21-18(23)13-9-6-10-14-20-16(2)22/h5,7-8,11-12,15H,6,9-10,13-14H2,1-4H3,(H,20,22)(H,21,23)/t15-/m1/s1. The lowest BCUT2D eigenvalue weighted by molar-refractivity contribution is -0.122. The topological polar surface area (TPSA) is 58.2 Å². The normalized spacial score (nSPS) is 12.5. The van der Waals surface area contributed by atoms with Gasteiger partial charge >= 0.3 is 0 Å². The Labute approximate surface area is 140 Å². The van der Waals surface area contributed by atoms with Gasteiger partial charge in [-0.3, -0.25) is 9.59 Å². The van der Waals surface area contributed by atoms with Crippen molar-refractivity contribution in [1.82, 2.24) is 10.6 Å². The molecule has 1 rings (SSSR count). The minimum atomic E-state index is -0.109. The van der Waals surface area contributed by atoms with Gasteiger partial charge in [-0.05, 0) is 25.3 Å². The van der Waals surface area contributed by atoms with E-state index in [-0.39, 0.29) is 23.3 Å². The van der Waals surface area contributed by atoms with Crippen LogP contribution in [0.15, 0.2) is 30.3 Å². The molecule has 0 aliphatic heterocycles. The maximum absolute atomic E-state index is 12.1. The van der Waals surface area contributed by atoms with Gasteiger partial charge in [0.15, 0.2) is 0 Å². The molecule has 0 bridgehead atoms. The van der Waals surface area contributed by atoms with Crippen molar-refractivity contribution >= 4 is 11.8 Å². The molecule has 1 aromatic rings. The van der Waals surface area contributed by atoms with Gasteiger partial charge < -0.3 is 10.6 Å². The number of hydrogen-bond acceptors (Lipinski definition) is 2. The van der Waals surface area contributed by atoms with E-state index in [1.807, 2.05) is 18.2 Å². The van der Waals surface area contributed by atoms with Crippen LogP contribution in [0.2, 0.25) is 0 Å². The minimum absolute atomic E-state index is 0.000267. The second kappa shape index (κ2) is 9.33. The Morgan fingerprint density at radius 3 is 2.35 bits per heavy atom. The Morgan fingerprint density at radius 1 is 1.09 bits per heavy atom. The predicted molar refractivity (Wildman–Crippen MR) is 94.2 cm³/mol. The molecular formula is C19H30N2O2. The van der Waals surface area contributed by atoms with Gasteiger partial charge in [-0.2, -0.15) is 0 Å². The van der Waals surface area contributed by atoms with E-state index in [1.54, 1.807) is 0 Å². The van der Waals surface area contributed by atoms with Crippen molar-refractivity contribution in [2.45, 2.75) is 64.8 Å². The predicted octanol–water partition coefficient (Wildman–Crippen LogP) is 3.17. The molecule has 4 nitrogen and oxygen atoms in total. The summed E-state index contributed by atoms with van der Waals surface area (Å²) >= 11 is 0. The van der Waals surface area contributed by atoms with Crippen LogP contribution >= 0.6 is 0 Å². The number of rotatable bonds is 9. The lowest BCUT2D eigenvalue weighted by Gasteiger charge is -2.33. The van der Waals surface area contributed by atoms with E-state index in [0.717, 1.165) is 19.3 Å². The molecule has 1 aromatic carbocycles. The zero-order valence-corrected chi connectivity index (χ0v) is 14.8. The van der Waals surface area contributed by atoms with E-state index in [2.05, 4.69) is 43.5 Å². The fourth-order valence-electron chi connectivity index (χ4n) is 2.46. The summed E-state index contributed by atoms with van der Waals surface area (Å²) in [6.45, 7) is 8.57. The lowest BCUT2D eigenvalue weighted by Crippen LogP contribution is -2.45. The van der Waals surface area contributed by atoms with E-state index in [9.17, 15) is 9.59 Å². The third-order valence-corrected chi connectivity index (χ3v) is 4.43. The van der Waals surface area contributed by atoms with Gasteiger partial charge in [0.05, 0.1) is 0 Å². The number of unbranched alkanes of at least 4 members (excludes halogenated alkanes) is 2. The molecule has 0 heterocycles. The van der Waals surface area contributed by atoms with Crippen LogP contribution < -0.4 is 10.6 Å². The fourth-order valence-corrected chi connectivity index (χ4v) is 2.46. The first-order chi connectivity index (χ1) is 10.8. The van der Waals surface area contributed by atoms with Gasteiger partial charge in [-0.15, -0.1) is 0 Å². The van der Waals surface area contributed by atoms with Crippen LogP contribution in [-0.4, -0.2) is 24.4 Å². The molecule has 0 aliphatic rings. The summed E-state index contributed by atoms with van der Waals surface area (Å²) in [5.74, 6) is 0.0979. The highest BCUT2D eigenvalue weighted by Crippen LogP contribution is 2.26. The molecule has 4 heteroatoms. The summed E-state index contributed by atoms with van der Waals surface area (Å²) in [5, 5.41) is 5.88. The van der Waals surface area contributed by atoms with Crippen molar-refractivity contribution in [2.75, 3.05) is 6.54 Å². The lowest BCUT2D eigenvalue weighted by atomic mass is 9.78. The average Bonchev–Trinajstić information content (AvgIpc) is 2.51. The first-order valence-corrected chi connectivity index (χ1v) is 8.43. The van der Waals surface area contributed by atoms with Crippen LogP contribution in [0.4, 0.5) is 0 Å². The van der Waals surface area contributed by atoms with Crippen LogP contribution in [0, 0.1) is 0 Å². The Balaban J connectivity index is 2.32. The Morgan fingerprint density at radius 2 is 1.74 bits per heavy atom. The molecule has 2 amide bonds. The van der Waals surface area contributed by atoms with Crippen molar-refractivity contribution in [3.05, 3.63) is 35.9 Å². The van der Waals surface area contributed by atoms with Gasteiger partial charge in [-0.1, -0.05) is 50.6 Å². The minimum Gasteiger partial charge on any atom is -0.356 e. The number of carbonyl (C=O) groups excluding carboxylic acids is 2. The first kappa shape index (κ1) is 19.2. The summed E-state index contributed by atoms with van der Waals surface area (Å²) in [5.41, 5.74) is 1.12. The molecule has 0 saturated heterocycles.